The zero-order valence-corrected chi connectivity index (χ0v) is 16.3. The van der Waals surface area contributed by atoms with Gasteiger partial charge in [-0.15, -0.1) is 0 Å². The van der Waals surface area contributed by atoms with Crippen LogP contribution in [0.4, 0.5) is 4.39 Å². The number of carbonyl (C=O) groups excluding carboxylic acids is 1. The topological polar surface area (TPSA) is 36.4 Å². The third-order valence-electron chi connectivity index (χ3n) is 5.91. The summed E-state index contributed by atoms with van der Waals surface area (Å²) in [6, 6.07) is 13.0. The van der Waals surface area contributed by atoms with Gasteiger partial charge in [-0.1, -0.05) is 24.3 Å². The van der Waals surface area contributed by atoms with E-state index in [1.165, 1.54) is 12.5 Å². The van der Waals surface area contributed by atoms with E-state index in [9.17, 15) is 9.18 Å². The molecule has 0 radical (unpaired) electrons. The molecule has 0 bridgehead atoms. The van der Waals surface area contributed by atoms with Gasteiger partial charge in [0.15, 0.2) is 0 Å². The van der Waals surface area contributed by atoms with Gasteiger partial charge < -0.3 is 4.90 Å². The lowest BCUT2D eigenvalue weighted by Crippen LogP contribution is -2.42. The Morgan fingerprint density at radius 1 is 1.00 bits per heavy atom. The van der Waals surface area contributed by atoms with Crippen LogP contribution in [-0.2, 0) is 11.2 Å². The Labute approximate surface area is 166 Å². The summed E-state index contributed by atoms with van der Waals surface area (Å²) in [7, 11) is 0. The van der Waals surface area contributed by atoms with Crippen LogP contribution in [0.5, 0.6) is 0 Å². The van der Waals surface area contributed by atoms with Crippen molar-refractivity contribution in [3.05, 3.63) is 65.2 Å². The number of benzene rings is 1. The zero-order valence-electron chi connectivity index (χ0n) is 16.3. The Hall–Kier alpha value is -2.27. The summed E-state index contributed by atoms with van der Waals surface area (Å²) in [5.74, 6) is 0.0541. The average molecular weight is 381 g/mol. The van der Waals surface area contributed by atoms with E-state index in [0.717, 1.165) is 56.7 Å². The molecule has 3 heterocycles. The highest BCUT2D eigenvalue weighted by molar-refractivity contribution is 5.78. The van der Waals surface area contributed by atoms with E-state index in [0.29, 0.717) is 18.5 Å². The number of likely N-dealkylation sites (tertiary alicyclic amines) is 2. The molecule has 4 rings (SSSR count). The highest BCUT2D eigenvalue weighted by Gasteiger charge is 2.30. The molecule has 1 atom stereocenters. The molecule has 2 aromatic rings. The molecule has 28 heavy (non-hydrogen) atoms. The third-order valence-corrected chi connectivity index (χ3v) is 5.91. The van der Waals surface area contributed by atoms with Gasteiger partial charge in [-0.3, -0.25) is 14.7 Å². The van der Waals surface area contributed by atoms with Crippen molar-refractivity contribution in [2.75, 3.05) is 26.2 Å². The normalized spacial score (nSPS) is 20.5. The lowest BCUT2D eigenvalue weighted by atomic mass is 10.1. The van der Waals surface area contributed by atoms with Crippen molar-refractivity contribution in [3.8, 4) is 0 Å². The summed E-state index contributed by atoms with van der Waals surface area (Å²) in [6.07, 6.45) is 6.05. The molecule has 148 valence electrons. The molecule has 2 aliphatic rings. The van der Waals surface area contributed by atoms with Gasteiger partial charge in [0.1, 0.15) is 5.82 Å². The van der Waals surface area contributed by atoms with Gasteiger partial charge in [0, 0.05) is 25.2 Å². The Morgan fingerprint density at radius 2 is 1.82 bits per heavy atom. The molecule has 0 N–H and O–H groups in total. The van der Waals surface area contributed by atoms with Gasteiger partial charge in [0.2, 0.25) is 5.91 Å². The van der Waals surface area contributed by atoms with Crippen molar-refractivity contribution in [2.45, 2.75) is 44.6 Å². The summed E-state index contributed by atoms with van der Waals surface area (Å²) in [5, 5.41) is 0. The molecule has 2 saturated heterocycles. The molecule has 2 fully saturated rings. The molecular formula is C23H28FN3O. The molecule has 1 amide bonds. The van der Waals surface area contributed by atoms with Crippen LogP contribution >= 0.6 is 0 Å². The van der Waals surface area contributed by atoms with Crippen molar-refractivity contribution in [2.24, 2.45) is 0 Å². The van der Waals surface area contributed by atoms with Crippen LogP contribution in [0, 0.1) is 5.82 Å². The fraction of sp³-hybridized carbons (Fsp3) is 0.478. The minimum Gasteiger partial charge on any atom is -0.342 e. The molecule has 0 saturated carbocycles. The van der Waals surface area contributed by atoms with E-state index in [-0.39, 0.29) is 17.8 Å². The molecule has 0 aliphatic carbocycles. The van der Waals surface area contributed by atoms with Gasteiger partial charge >= 0.3 is 0 Å². The summed E-state index contributed by atoms with van der Waals surface area (Å²) < 4.78 is 14.0. The first-order valence-electron chi connectivity index (χ1n) is 10.4. The minimum atomic E-state index is -0.190. The maximum absolute atomic E-state index is 14.0. The number of pyridine rings is 1. The zero-order chi connectivity index (χ0) is 19.3. The number of hydrogen-bond donors (Lipinski definition) is 0. The third kappa shape index (κ3) is 4.41. The summed E-state index contributed by atoms with van der Waals surface area (Å²) in [4.78, 5) is 21.8. The van der Waals surface area contributed by atoms with Crippen molar-refractivity contribution in [3.63, 3.8) is 0 Å². The molecule has 0 spiro atoms. The first kappa shape index (κ1) is 19.1. The first-order chi connectivity index (χ1) is 13.7. The van der Waals surface area contributed by atoms with Gasteiger partial charge in [-0.05, 0) is 62.4 Å². The van der Waals surface area contributed by atoms with Crippen LogP contribution in [0.1, 0.15) is 55.1 Å². The highest BCUT2D eigenvalue weighted by Crippen LogP contribution is 2.31. The molecule has 1 aromatic carbocycles. The second kappa shape index (κ2) is 8.82. The first-order valence-corrected chi connectivity index (χ1v) is 10.4. The molecule has 4 nitrogen and oxygen atoms in total. The summed E-state index contributed by atoms with van der Waals surface area (Å²) >= 11 is 0. The maximum atomic E-state index is 14.0. The minimum absolute atomic E-state index is 0.175. The monoisotopic (exact) mass is 381 g/mol. The quantitative estimate of drug-likeness (QED) is 0.787. The van der Waals surface area contributed by atoms with Crippen LogP contribution in [0.25, 0.3) is 0 Å². The Kier molecular flexibility index (Phi) is 6.01. The molecular weight excluding hydrogens is 353 g/mol. The maximum Gasteiger partial charge on any atom is 0.236 e. The summed E-state index contributed by atoms with van der Waals surface area (Å²) in [6.45, 7) is 3.20. The van der Waals surface area contributed by atoms with Crippen LogP contribution < -0.4 is 0 Å². The van der Waals surface area contributed by atoms with E-state index < -0.39 is 0 Å². The molecule has 5 heteroatoms. The second-order valence-corrected chi connectivity index (χ2v) is 7.89. The van der Waals surface area contributed by atoms with Crippen LogP contribution in [-0.4, -0.2) is 46.9 Å². The van der Waals surface area contributed by atoms with E-state index in [2.05, 4.69) is 4.90 Å². The van der Waals surface area contributed by atoms with Gasteiger partial charge in [0.05, 0.1) is 18.3 Å². The number of halogens is 1. The van der Waals surface area contributed by atoms with Crippen molar-refractivity contribution in [1.29, 1.82) is 0 Å². The molecule has 2 aliphatic heterocycles. The molecule has 1 aromatic heterocycles. The Balaban J connectivity index is 1.45. The number of hydrogen-bond acceptors (Lipinski definition) is 3. The standard InChI is InChI=1S/C23H28FN3O/c24-20-10-3-2-8-18(20)16-19-9-6-11-21(25-19)22-12-7-15-27(22)17-23(28)26-13-4-1-5-14-26/h2-3,6,8-11,22H,1,4-5,7,12-17H2/t22-/m0/s1. The second-order valence-electron chi connectivity index (χ2n) is 7.89. The van der Waals surface area contributed by atoms with E-state index in [1.807, 2.05) is 35.2 Å². The SMILES string of the molecule is O=C(CN1CCC[C@H]1c1cccc(Cc2ccccc2F)n1)N1CCCCC1. The van der Waals surface area contributed by atoms with Gasteiger partial charge in [-0.25, -0.2) is 4.39 Å². The Morgan fingerprint density at radius 3 is 2.64 bits per heavy atom. The Bertz CT molecular complexity index is 819. The largest absolute Gasteiger partial charge is 0.342 e. The van der Waals surface area contributed by atoms with E-state index >= 15 is 0 Å². The van der Waals surface area contributed by atoms with Gasteiger partial charge in [-0.2, -0.15) is 0 Å². The highest BCUT2D eigenvalue weighted by atomic mass is 19.1. The number of rotatable bonds is 5. The lowest BCUT2D eigenvalue weighted by molar-refractivity contribution is -0.133. The number of aromatic nitrogens is 1. The fourth-order valence-electron chi connectivity index (χ4n) is 4.39. The van der Waals surface area contributed by atoms with Gasteiger partial charge in [0.25, 0.3) is 0 Å². The van der Waals surface area contributed by atoms with Crippen molar-refractivity contribution < 1.29 is 9.18 Å². The average Bonchev–Trinajstić information content (AvgIpc) is 3.19. The van der Waals surface area contributed by atoms with Crippen LogP contribution in [0.2, 0.25) is 0 Å². The number of nitrogens with zero attached hydrogens (tertiary/aromatic N) is 3. The number of carbonyl (C=O) groups is 1. The fourth-order valence-corrected chi connectivity index (χ4v) is 4.39. The smallest absolute Gasteiger partial charge is 0.236 e. The predicted molar refractivity (Wildman–Crippen MR) is 107 cm³/mol. The molecule has 0 unspecified atom stereocenters. The van der Waals surface area contributed by atoms with E-state index in [1.54, 1.807) is 6.07 Å². The number of piperidine rings is 1. The van der Waals surface area contributed by atoms with Crippen molar-refractivity contribution >= 4 is 5.91 Å². The summed E-state index contributed by atoms with van der Waals surface area (Å²) in [5.41, 5.74) is 2.53. The predicted octanol–water partition coefficient (Wildman–Crippen LogP) is 3.96. The van der Waals surface area contributed by atoms with Crippen LogP contribution in [0.15, 0.2) is 42.5 Å². The van der Waals surface area contributed by atoms with Crippen LogP contribution in [0.3, 0.4) is 0 Å². The lowest BCUT2D eigenvalue weighted by Gasteiger charge is -2.30. The van der Waals surface area contributed by atoms with E-state index in [4.69, 9.17) is 4.98 Å². The number of amides is 1. The van der Waals surface area contributed by atoms with Crippen molar-refractivity contribution in [1.82, 2.24) is 14.8 Å².